The van der Waals surface area contributed by atoms with E-state index in [4.69, 9.17) is 0 Å². The van der Waals surface area contributed by atoms with E-state index in [1.165, 1.54) is 24.3 Å². The van der Waals surface area contributed by atoms with Crippen LogP contribution < -0.4 is 5.56 Å². The summed E-state index contributed by atoms with van der Waals surface area (Å²) in [6.07, 6.45) is 0. The Morgan fingerprint density at radius 1 is 1.30 bits per heavy atom. The third-order valence-electron chi connectivity index (χ3n) is 4.56. The van der Waals surface area contributed by atoms with Crippen molar-refractivity contribution >= 4 is 16.8 Å². The van der Waals surface area contributed by atoms with Crippen molar-refractivity contribution in [1.82, 2.24) is 14.8 Å². The average Bonchev–Trinajstić information content (AvgIpc) is 2.87. The first-order chi connectivity index (χ1) is 10.9. The Labute approximate surface area is 133 Å². The number of pyridine rings is 1. The molecule has 6 heteroatoms. The fraction of sp³-hybridized carbons (Fsp3) is 0.412. The maximum Gasteiger partial charge on any atom is 0.254 e. The van der Waals surface area contributed by atoms with E-state index in [1.807, 2.05) is 14.1 Å². The number of halogens is 1. The van der Waals surface area contributed by atoms with Gasteiger partial charge in [0.2, 0.25) is 5.56 Å². The maximum absolute atomic E-state index is 13.4. The zero-order valence-electron chi connectivity index (χ0n) is 13.5. The lowest BCUT2D eigenvalue weighted by Crippen LogP contribution is -2.36. The normalized spacial score (nSPS) is 21.3. The van der Waals surface area contributed by atoms with Crippen LogP contribution in [-0.2, 0) is 0 Å². The van der Waals surface area contributed by atoms with Gasteiger partial charge in [-0.1, -0.05) is 6.92 Å². The second kappa shape index (κ2) is 5.77. The molecule has 0 aliphatic carbocycles. The summed E-state index contributed by atoms with van der Waals surface area (Å²) in [6.45, 7) is 3.39. The lowest BCUT2D eigenvalue weighted by atomic mass is 10.1. The molecule has 1 aromatic carbocycles. The van der Waals surface area contributed by atoms with Gasteiger partial charge in [0.15, 0.2) is 0 Å². The average molecular weight is 317 g/mol. The molecule has 1 N–H and O–H groups in total. The molecule has 0 spiro atoms. The number of hydrogen-bond donors (Lipinski definition) is 1. The van der Waals surface area contributed by atoms with Gasteiger partial charge >= 0.3 is 0 Å². The fourth-order valence-corrected chi connectivity index (χ4v) is 3.37. The smallest absolute Gasteiger partial charge is 0.254 e. The molecule has 1 amide bonds. The van der Waals surface area contributed by atoms with Gasteiger partial charge in [0.1, 0.15) is 5.82 Å². The van der Waals surface area contributed by atoms with Crippen molar-refractivity contribution in [1.29, 1.82) is 0 Å². The number of fused-ring (bicyclic) bond motifs is 1. The Balaban J connectivity index is 2.00. The number of H-pyrrole nitrogens is 1. The minimum Gasteiger partial charge on any atom is -0.337 e. The molecule has 3 rings (SSSR count). The largest absolute Gasteiger partial charge is 0.337 e. The lowest BCUT2D eigenvalue weighted by Gasteiger charge is -2.22. The van der Waals surface area contributed by atoms with Crippen LogP contribution >= 0.6 is 0 Å². The van der Waals surface area contributed by atoms with Crippen LogP contribution in [0.25, 0.3) is 10.9 Å². The summed E-state index contributed by atoms with van der Waals surface area (Å²) in [5.41, 5.74) is 0.274. The second-order valence-electron chi connectivity index (χ2n) is 6.46. The second-order valence-corrected chi connectivity index (χ2v) is 6.46. The van der Waals surface area contributed by atoms with Gasteiger partial charge in [-0.3, -0.25) is 9.59 Å². The van der Waals surface area contributed by atoms with Gasteiger partial charge in [0.05, 0.1) is 11.1 Å². The van der Waals surface area contributed by atoms with E-state index in [0.29, 0.717) is 41.5 Å². The summed E-state index contributed by atoms with van der Waals surface area (Å²) >= 11 is 0. The highest BCUT2D eigenvalue weighted by Crippen LogP contribution is 2.24. The summed E-state index contributed by atoms with van der Waals surface area (Å²) in [7, 11) is 4.00. The zero-order valence-corrected chi connectivity index (χ0v) is 13.5. The summed E-state index contributed by atoms with van der Waals surface area (Å²) in [4.78, 5) is 31.2. The number of nitrogens with zero attached hydrogens (tertiary/aromatic N) is 2. The number of carbonyl (C=O) groups is 1. The van der Waals surface area contributed by atoms with E-state index in [0.717, 1.165) is 0 Å². The van der Waals surface area contributed by atoms with Crippen LogP contribution in [0.1, 0.15) is 17.3 Å². The van der Waals surface area contributed by atoms with E-state index in [1.54, 1.807) is 4.90 Å². The van der Waals surface area contributed by atoms with E-state index in [9.17, 15) is 14.0 Å². The molecular weight excluding hydrogens is 297 g/mol. The third kappa shape index (κ3) is 2.86. The SMILES string of the molecule is CC1CN(C(=O)c2cc(=O)[nH]c3cc(F)ccc23)CC1N(C)C. The molecule has 2 heterocycles. The number of likely N-dealkylation sites (N-methyl/N-ethyl adjacent to an activating group) is 1. The molecule has 1 fully saturated rings. The third-order valence-corrected chi connectivity index (χ3v) is 4.56. The first-order valence-corrected chi connectivity index (χ1v) is 7.65. The van der Waals surface area contributed by atoms with E-state index in [-0.39, 0.29) is 5.91 Å². The number of aromatic nitrogens is 1. The minimum absolute atomic E-state index is 0.177. The zero-order chi connectivity index (χ0) is 16.7. The highest BCUT2D eigenvalue weighted by atomic mass is 19.1. The van der Waals surface area contributed by atoms with Gasteiger partial charge in [-0.2, -0.15) is 0 Å². The minimum atomic E-state index is -0.444. The van der Waals surface area contributed by atoms with Gasteiger partial charge in [-0.15, -0.1) is 0 Å². The molecule has 5 nitrogen and oxygen atoms in total. The Hall–Kier alpha value is -2.21. The van der Waals surface area contributed by atoms with Crippen LogP contribution in [0.4, 0.5) is 4.39 Å². The molecule has 2 aromatic rings. The van der Waals surface area contributed by atoms with E-state index < -0.39 is 11.4 Å². The van der Waals surface area contributed by atoms with Crippen LogP contribution in [-0.4, -0.2) is 53.9 Å². The highest BCUT2D eigenvalue weighted by molar-refractivity contribution is 6.06. The Morgan fingerprint density at radius 3 is 2.70 bits per heavy atom. The molecule has 0 saturated carbocycles. The fourth-order valence-electron chi connectivity index (χ4n) is 3.37. The molecule has 1 aromatic heterocycles. The highest BCUT2D eigenvalue weighted by Gasteiger charge is 2.34. The number of hydrogen-bond acceptors (Lipinski definition) is 3. The number of likely N-dealkylation sites (tertiary alicyclic amines) is 1. The number of carbonyl (C=O) groups excluding carboxylic acids is 1. The number of nitrogens with one attached hydrogen (secondary N) is 1. The van der Waals surface area contributed by atoms with Gasteiger partial charge in [0, 0.05) is 30.6 Å². The molecule has 0 bridgehead atoms. The Kier molecular flexibility index (Phi) is 3.93. The van der Waals surface area contributed by atoms with Gasteiger partial charge in [0.25, 0.3) is 5.91 Å². The van der Waals surface area contributed by atoms with Gasteiger partial charge in [-0.05, 0) is 38.2 Å². The molecule has 1 saturated heterocycles. The summed E-state index contributed by atoms with van der Waals surface area (Å²) < 4.78 is 13.4. The monoisotopic (exact) mass is 317 g/mol. The van der Waals surface area contributed by atoms with Crippen molar-refractivity contribution in [3.05, 3.63) is 46.0 Å². The Morgan fingerprint density at radius 2 is 2.04 bits per heavy atom. The molecule has 23 heavy (non-hydrogen) atoms. The topological polar surface area (TPSA) is 56.4 Å². The van der Waals surface area contributed by atoms with E-state index in [2.05, 4.69) is 16.8 Å². The lowest BCUT2D eigenvalue weighted by molar-refractivity contribution is 0.0783. The van der Waals surface area contributed by atoms with Crippen molar-refractivity contribution in [3.8, 4) is 0 Å². The quantitative estimate of drug-likeness (QED) is 0.917. The molecule has 122 valence electrons. The number of rotatable bonds is 2. The van der Waals surface area contributed by atoms with Crippen molar-refractivity contribution < 1.29 is 9.18 Å². The number of amides is 1. The van der Waals surface area contributed by atoms with Crippen LogP contribution in [0.3, 0.4) is 0 Å². The van der Waals surface area contributed by atoms with Crippen molar-refractivity contribution in [3.63, 3.8) is 0 Å². The van der Waals surface area contributed by atoms with Crippen molar-refractivity contribution in [2.45, 2.75) is 13.0 Å². The molecular formula is C17H20FN3O2. The maximum atomic E-state index is 13.4. The van der Waals surface area contributed by atoms with Gasteiger partial charge in [-0.25, -0.2) is 4.39 Å². The van der Waals surface area contributed by atoms with E-state index >= 15 is 0 Å². The molecule has 2 atom stereocenters. The van der Waals surface area contributed by atoms with Crippen LogP contribution in [0.5, 0.6) is 0 Å². The van der Waals surface area contributed by atoms with Crippen molar-refractivity contribution in [2.75, 3.05) is 27.2 Å². The summed E-state index contributed by atoms with van der Waals surface area (Å²) in [6, 6.07) is 5.67. The predicted octanol–water partition coefficient (Wildman–Crippen LogP) is 1.69. The van der Waals surface area contributed by atoms with Gasteiger partial charge < -0.3 is 14.8 Å². The molecule has 1 aliphatic heterocycles. The predicted molar refractivity (Wildman–Crippen MR) is 87.1 cm³/mol. The molecule has 1 aliphatic rings. The standard InChI is InChI=1S/C17H20FN3O2/c1-10-8-21(9-15(10)20(2)3)17(23)13-7-16(22)19-14-6-11(18)4-5-12(13)14/h4-7,10,15H,8-9H2,1-3H3,(H,19,22). The van der Waals surface area contributed by atoms with Crippen LogP contribution in [0.15, 0.2) is 29.1 Å². The number of benzene rings is 1. The molecule has 2 unspecified atom stereocenters. The first-order valence-electron chi connectivity index (χ1n) is 7.65. The number of aromatic amines is 1. The molecule has 0 radical (unpaired) electrons. The van der Waals surface area contributed by atoms with Crippen molar-refractivity contribution in [2.24, 2.45) is 5.92 Å². The summed E-state index contributed by atoms with van der Waals surface area (Å²) in [5.74, 6) is -0.260. The first kappa shape index (κ1) is 15.7. The summed E-state index contributed by atoms with van der Waals surface area (Å²) in [5, 5.41) is 0.567. The van der Waals surface area contributed by atoms with Crippen LogP contribution in [0, 0.1) is 11.7 Å². The Bertz CT molecular complexity index is 815. The van der Waals surface area contributed by atoms with Crippen LogP contribution in [0.2, 0.25) is 0 Å².